The zero-order chi connectivity index (χ0) is 14.4. The fourth-order valence-electron chi connectivity index (χ4n) is 4.83. The van der Waals surface area contributed by atoms with Crippen LogP contribution >= 0.6 is 0 Å². The molecule has 0 spiro atoms. The van der Waals surface area contributed by atoms with Gasteiger partial charge >= 0.3 is 0 Å². The Morgan fingerprint density at radius 1 is 1.20 bits per heavy atom. The highest BCUT2D eigenvalue weighted by atomic mass is 16.1. The van der Waals surface area contributed by atoms with Crippen LogP contribution in [0.5, 0.6) is 0 Å². The first kappa shape index (κ1) is 14.4. The van der Waals surface area contributed by atoms with E-state index in [4.69, 9.17) is 0 Å². The highest BCUT2D eigenvalue weighted by molar-refractivity contribution is 5.76. The van der Waals surface area contributed by atoms with Crippen molar-refractivity contribution >= 4 is 5.91 Å². The number of nitrogens with one attached hydrogen (secondary N) is 2. The molecule has 3 aliphatic rings. The molecule has 0 aromatic heterocycles. The second-order valence-corrected chi connectivity index (χ2v) is 8.25. The van der Waals surface area contributed by atoms with Crippen LogP contribution in [-0.2, 0) is 4.79 Å². The maximum atomic E-state index is 11.7. The average molecular weight is 278 g/mol. The molecule has 3 aliphatic carbocycles. The Morgan fingerprint density at radius 3 is 2.55 bits per heavy atom. The zero-order valence-corrected chi connectivity index (χ0v) is 13.3. The van der Waals surface area contributed by atoms with E-state index in [2.05, 4.69) is 31.4 Å². The van der Waals surface area contributed by atoms with Crippen LogP contribution in [0.1, 0.15) is 65.7 Å². The van der Waals surface area contributed by atoms with Gasteiger partial charge < -0.3 is 10.6 Å². The van der Waals surface area contributed by atoms with Crippen molar-refractivity contribution in [3.63, 3.8) is 0 Å². The van der Waals surface area contributed by atoms with Crippen LogP contribution in [0.15, 0.2) is 0 Å². The minimum Gasteiger partial charge on any atom is -0.353 e. The van der Waals surface area contributed by atoms with E-state index >= 15 is 0 Å². The van der Waals surface area contributed by atoms with E-state index in [1.807, 2.05) is 0 Å². The van der Waals surface area contributed by atoms with E-state index in [0.717, 1.165) is 18.9 Å². The van der Waals surface area contributed by atoms with Gasteiger partial charge in [0.05, 0.1) is 0 Å². The molecular formula is C17H30N2O. The average Bonchev–Trinajstić information content (AvgIpc) is 3.03. The molecule has 0 aromatic rings. The molecule has 0 heterocycles. The van der Waals surface area contributed by atoms with Crippen LogP contribution < -0.4 is 10.6 Å². The van der Waals surface area contributed by atoms with Crippen LogP contribution in [0.25, 0.3) is 0 Å². The molecule has 3 nitrogen and oxygen atoms in total. The topological polar surface area (TPSA) is 41.1 Å². The number of fused-ring (bicyclic) bond motifs is 2. The first-order chi connectivity index (χ1) is 9.42. The summed E-state index contributed by atoms with van der Waals surface area (Å²) in [5, 5.41) is 6.85. The minimum atomic E-state index is 0.243. The molecule has 3 unspecified atom stereocenters. The summed E-state index contributed by atoms with van der Waals surface area (Å²) in [5.74, 6) is 1.14. The Bertz CT molecular complexity index is 384. The van der Waals surface area contributed by atoms with Gasteiger partial charge in [-0.25, -0.2) is 0 Å². The molecule has 3 atom stereocenters. The lowest BCUT2D eigenvalue weighted by molar-refractivity contribution is -0.121. The molecule has 3 heteroatoms. The molecule has 3 fully saturated rings. The maximum absolute atomic E-state index is 11.7. The Morgan fingerprint density at radius 2 is 1.95 bits per heavy atom. The fourth-order valence-corrected chi connectivity index (χ4v) is 4.83. The van der Waals surface area contributed by atoms with Crippen LogP contribution in [-0.4, -0.2) is 24.5 Å². The molecule has 0 saturated heterocycles. The van der Waals surface area contributed by atoms with Gasteiger partial charge in [0.1, 0.15) is 0 Å². The molecule has 2 bridgehead atoms. The van der Waals surface area contributed by atoms with E-state index in [-0.39, 0.29) is 5.91 Å². The van der Waals surface area contributed by atoms with Crippen molar-refractivity contribution in [1.82, 2.24) is 10.6 Å². The zero-order valence-electron chi connectivity index (χ0n) is 13.3. The molecule has 20 heavy (non-hydrogen) atoms. The monoisotopic (exact) mass is 278 g/mol. The van der Waals surface area contributed by atoms with Gasteiger partial charge in [-0.1, -0.05) is 20.8 Å². The van der Waals surface area contributed by atoms with Crippen molar-refractivity contribution in [2.24, 2.45) is 16.7 Å². The minimum absolute atomic E-state index is 0.243. The van der Waals surface area contributed by atoms with E-state index < -0.39 is 0 Å². The quantitative estimate of drug-likeness (QED) is 0.734. The summed E-state index contributed by atoms with van der Waals surface area (Å²) >= 11 is 0. The predicted molar refractivity (Wildman–Crippen MR) is 81.4 cm³/mol. The second-order valence-electron chi connectivity index (χ2n) is 8.25. The van der Waals surface area contributed by atoms with Gasteiger partial charge in [-0.05, 0) is 61.8 Å². The van der Waals surface area contributed by atoms with Crippen molar-refractivity contribution in [3.8, 4) is 0 Å². The molecule has 3 saturated carbocycles. The van der Waals surface area contributed by atoms with Gasteiger partial charge in [0.15, 0.2) is 0 Å². The summed E-state index contributed by atoms with van der Waals surface area (Å²) in [5.41, 5.74) is 0.910. The smallest absolute Gasteiger partial charge is 0.220 e. The Hall–Kier alpha value is -0.570. The number of rotatable bonds is 6. The Kier molecular flexibility index (Phi) is 3.60. The lowest BCUT2D eigenvalue weighted by atomic mass is 9.68. The molecule has 0 aromatic carbocycles. The molecule has 0 aliphatic heterocycles. The van der Waals surface area contributed by atoms with Gasteiger partial charge in [-0.2, -0.15) is 0 Å². The number of amides is 1. The van der Waals surface area contributed by atoms with Crippen molar-refractivity contribution in [2.75, 3.05) is 6.54 Å². The summed E-state index contributed by atoms with van der Waals surface area (Å²) in [6.45, 7) is 8.30. The number of carbonyl (C=O) groups is 1. The third-order valence-corrected chi connectivity index (χ3v) is 6.14. The summed E-state index contributed by atoms with van der Waals surface area (Å²) in [6, 6.07) is 1.12. The maximum Gasteiger partial charge on any atom is 0.220 e. The van der Waals surface area contributed by atoms with Gasteiger partial charge in [-0.15, -0.1) is 0 Å². The highest BCUT2D eigenvalue weighted by Crippen LogP contribution is 2.62. The molecule has 1 amide bonds. The third-order valence-electron chi connectivity index (χ3n) is 6.14. The van der Waals surface area contributed by atoms with Crippen LogP contribution in [0.3, 0.4) is 0 Å². The lowest BCUT2D eigenvalue weighted by Crippen LogP contribution is -2.50. The number of hydrogen-bond donors (Lipinski definition) is 2. The van der Waals surface area contributed by atoms with Crippen LogP contribution in [0, 0.1) is 16.7 Å². The Balaban J connectivity index is 1.42. The van der Waals surface area contributed by atoms with Crippen molar-refractivity contribution < 1.29 is 4.79 Å². The molecule has 114 valence electrons. The SMILES string of the molecule is CC12CCC(C1)C(C)(C)C2NCCCC(=O)NC1CC1. The van der Waals surface area contributed by atoms with Crippen molar-refractivity contribution in [1.29, 1.82) is 0 Å². The molecule has 0 radical (unpaired) electrons. The normalized spacial score (nSPS) is 38.1. The predicted octanol–water partition coefficient (Wildman–Crippen LogP) is 2.85. The van der Waals surface area contributed by atoms with Crippen LogP contribution in [0.2, 0.25) is 0 Å². The fraction of sp³-hybridized carbons (Fsp3) is 0.941. The van der Waals surface area contributed by atoms with E-state index in [1.54, 1.807) is 0 Å². The molecule has 2 N–H and O–H groups in total. The highest BCUT2D eigenvalue weighted by Gasteiger charge is 2.58. The van der Waals surface area contributed by atoms with Gasteiger partial charge in [0.2, 0.25) is 5.91 Å². The number of hydrogen-bond acceptors (Lipinski definition) is 2. The molecular weight excluding hydrogens is 248 g/mol. The summed E-state index contributed by atoms with van der Waals surface area (Å²) in [6.07, 6.45) is 8.18. The first-order valence-electron chi connectivity index (χ1n) is 8.44. The molecule has 3 rings (SSSR count). The van der Waals surface area contributed by atoms with Gasteiger partial charge in [-0.3, -0.25) is 4.79 Å². The second kappa shape index (κ2) is 5.01. The largest absolute Gasteiger partial charge is 0.353 e. The first-order valence-corrected chi connectivity index (χ1v) is 8.44. The van der Waals surface area contributed by atoms with Gasteiger partial charge in [0, 0.05) is 18.5 Å². The standard InChI is InChI=1S/C17H30N2O/c1-16(2)12-8-9-17(3,11-12)15(16)18-10-4-5-14(20)19-13-6-7-13/h12-13,15,18H,4-11H2,1-3H3,(H,19,20). The van der Waals surface area contributed by atoms with E-state index in [0.29, 0.717) is 29.3 Å². The third kappa shape index (κ3) is 2.61. The lowest BCUT2D eigenvalue weighted by Gasteiger charge is -2.43. The number of carbonyl (C=O) groups excluding carboxylic acids is 1. The van der Waals surface area contributed by atoms with Crippen LogP contribution in [0.4, 0.5) is 0 Å². The summed E-state index contributed by atoms with van der Waals surface area (Å²) in [7, 11) is 0. The van der Waals surface area contributed by atoms with Crippen molar-refractivity contribution in [3.05, 3.63) is 0 Å². The van der Waals surface area contributed by atoms with E-state index in [9.17, 15) is 4.79 Å². The summed E-state index contributed by atoms with van der Waals surface area (Å²) in [4.78, 5) is 11.7. The van der Waals surface area contributed by atoms with Crippen molar-refractivity contribution in [2.45, 2.75) is 77.8 Å². The summed E-state index contributed by atoms with van der Waals surface area (Å²) < 4.78 is 0. The van der Waals surface area contributed by atoms with Gasteiger partial charge in [0.25, 0.3) is 0 Å². The van der Waals surface area contributed by atoms with E-state index in [1.165, 1.54) is 32.1 Å². The Labute approximate surface area is 123 Å².